The van der Waals surface area contributed by atoms with Crippen LogP contribution in [0.25, 0.3) is 0 Å². The van der Waals surface area contributed by atoms with E-state index in [1.165, 1.54) is 0 Å². The van der Waals surface area contributed by atoms with Crippen molar-refractivity contribution in [2.75, 3.05) is 58.9 Å². The Morgan fingerprint density at radius 3 is 2.33 bits per heavy atom. The van der Waals surface area contributed by atoms with Gasteiger partial charge in [-0.05, 0) is 26.1 Å². The normalized spacial score (nSPS) is 19.1. The molecule has 0 saturated carbocycles. The molecule has 0 radical (unpaired) electrons. The molecular weight excluding hydrogens is 230 g/mol. The van der Waals surface area contributed by atoms with Gasteiger partial charge in [0.25, 0.3) is 0 Å². The minimum atomic E-state index is -0.716. The third-order valence-corrected chi connectivity index (χ3v) is 3.67. The van der Waals surface area contributed by atoms with Gasteiger partial charge in [0.1, 0.15) is 0 Å². The van der Waals surface area contributed by atoms with Crippen molar-refractivity contribution in [3.63, 3.8) is 0 Å². The van der Waals surface area contributed by atoms with Crippen LogP contribution in [0.1, 0.15) is 20.3 Å². The summed E-state index contributed by atoms with van der Waals surface area (Å²) in [4.78, 5) is 17.6. The molecule has 0 spiro atoms. The van der Waals surface area contributed by atoms with Gasteiger partial charge in [0.05, 0.1) is 6.54 Å². The van der Waals surface area contributed by atoms with Gasteiger partial charge in [-0.2, -0.15) is 0 Å². The van der Waals surface area contributed by atoms with Crippen molar-refractivity contribution in [2.24, 2.45) is 0 Å². The topological polar surface area (TPSA) is 47.0 Å². The van der Waals surface area contributed by atoms with Crippen LogP contribution < -0.4 is 0 Å². The van der Waals surface area contributed by atoms with Crippen LogP contribution in [0, 0.1) is 0 Å². The lowest BCUT2D eigenvalue weighted by Crippen LogP contribution is -2.38. The first-order valence-corrected chi connectivity index (χ1v) is 7.04. The summed E-state index contributed by atoms with van der Waals surface area (Å²) >= 11 is 0. The van der Waals surface area contributed by atoms with E-state index in [1.807, 2.05) is 4.90 Å². The number of carbonyl (C=O) groups is 1. The van der Waals surface area contributed by atoms with Crippen molar-refractivity contribution in [3.05, 3.63) is 0 Å². The van der Waals surface area contributed by atoms with Crippen LogP contribution >= 0.6 is 0 Å². The molecule has 1 fully saturated rings. The molecule has 0 aromatic carbocycles. The van der Waals surface area contributed by atoms with Gasteiger partial charge in [-0.3, -0.25) is 9.69 Å². The Morgan fingerprint density at radius 1 is 1.11 bits per heavy atom. The number of rotatable bonds is 7. The second kappa shape index (κ2) is 8.45. The third kappa shape index (κ3) is 5.80. The zero-order chi connectivity index (χ0) is 13.4. The van der Waals surface area contributed by atoms with Crippen LogP contribution in [0.15, 0.2) is 0 Å². The number of hydrogen-bond donors (Lipinski definition) is 1. The molecule has 5 heteroatoms. The maximum Gasteiger partial charge on any atom is 0.317 e. The van der Waals surface area contributed by atoms with E-state index in [9.17, 15) is 4.79 Å². The van der Waals surface area contributed by atoms with E-state index >= 15 is 0 Å². The minimum Gasteiger partial charge on any atom is -0.480 e. The van der Waals surface area contributed by atoms with Crippen molar-refractivity contribution < 1.29 is 9.90 Å². The van der Waals surface area contributed by atoms with E-state index < -0.39 is 5.97 Å². The van der Waals surface area contributed by atoms with E-state index in [0.29, 0.717) is 0 Å². The van der Waals surface area contributed by atoms with Gasteiger partial charge in [-0.1, -0.05) is 13.8 Å². The van der Waals surface area contributed by atoms with Gasteiger partial charge in [0.2, 0.25) is 0 Å². The van der Waals surface area contributed by atoms with Crippen molar-refractivity contribution >= 4 is 5.97 Å². The molecule has 1 heterocycles. The summed E-state index contributed by atoms with van der Waals surface area (Å²) in [5.74, 6) is -0.716. The van der Waals surface area contributed by atoms with E-state index in [1.54, 1.807) is 0 Å². The highest BCUT2D eigenvalue weighted by Gasteiger charge is 2.16. The van der Waals surface area contributed by atoms with Crippen LogP contribution in [0.2, 0.25) is 0 Å². The largest absolute Gasteiger partial charge is 0.480 e. The Hall–Kier alpha value is -0.650. The average molecular weight is 257 g/mol. The maximum absolute atomic E-state index is 10.7. The van der Waals surface area contributed by atoms with Crippen LogP contribution in [0.5, 0.6) is 0 Å². The lowest BCUT2D eigenvalue weighted by atomic mass is 10.3. The van der Waals surface area contributed by atoms with Crippen molar-refractivity contribution in [3.8, 4) is 0 Å². The third-order valence-electron chi connectivity index (χ3n) is 3.67. The van der Waals surface area contributed by atoms with Crippen molar-refractivity contribution in [1.82, 2.24) is 14.7 Å². The van der Waals surface area contributed by atoms with E-state index in [0.717, 1.165) is 58.8 Å². The number of aliphatic carboxylic acids is 1. The fourth-order valence-electron chi connectivity index (χ4n) is 2.42. The molecule has 0 atom stereocenters. The molecule has 0 aromatic rings. The standard InChI is InChI=1S/C13H27N3O2/c1-3-14(4-2)8-9-15-6-5-7-16(11-10-15)12-13(17)18/h3-12H2,1-2H3,(H,17,18). The summed E-state index contributed by atoms with van der Waals surface area (Å²) in [7, 11) is 0. The Balaban J connectivity index is 2.26. The van der Waals surface area contributed by atoms with Crippen molar-refractivity contribution in [2.45, 2.75) is 20.3 Å². The number of likely N-dealkylation sites (N-methyl/N-ethyl adjacent to an activating group) is 1. The molecule has 0 bridgehead atoms. The van der Waals surface area contributed by atoms with E-state index in [4.69, 9.17) is 5.11 Å². The Morgan fingerprint density at radius 2 is 1.72 bits per heavy atom. The van der Waals surface area contributed by atoms with Crippen LogP contribution in [0.4, 0.5) is 0 Å². The van der Waals surface area contributed by atoms with Crippen molar-refractivity contribution in [1.29, 1.82) is 0 Å². The summed E-state index contributed by atoms with van der Waals surface area (Å²) in [6, 6.07) is 0. The summed E-state index contributed by atoms with van der Waals surface area (Å²) in [6.07, 6.45) is 1.07. The summed E-state index contributed by atoms with van der Waals surface area (Å²) in [5.41, 5.74) is 0. The lowest BCUT2D eigenvalue weighted by molar-refractivity contribution is -0.138. The average Bonchev–Trinajstić information content (AvgIpc) is 2.55. The molecule has 5 nitrogen and oxygen atoms in total. The molecule has 0 aromatic heterocycles. The highest BCUT2D eigenvalue weighted by Crippen LogP contribution is 2.03. The Kier molecular flexibility index (Phi) is 7.23. The zero-order valence-electron chi connectivity index (χ0n) is 11.8. The fraction of sp³-hybridized carbons (Fsp3) is 0.923. The second-order valence-corrected chi connectivity index (χ2v) is 4.89. The first-order chi connectivity index (χ1) is 8.65. The molecule has 0 aliphatic carbocycles. The molecule has 1 saturated heterocycles. The quantitative estimate of drug-likeness (QED) is 0.716. The first-order valence-electron chi connectivity index (χ1n) is 7.04. The molecular formula is C13H27N3O2. The molecule has 1 aliphatic heterocycles. The van der Waals surface area contributed by atoms with Crippen LogP contribution in [-0.4, -0.2) is 84.7 Å². The molecule has 0 amide bonds. The van der Waals surface area contributed by atoms with Crippen LogP contribution in [-0.2, 0) is 4.79 Å². The smallest absolute Gasteiger partial charge is 0.317 e. The Bertz CT molecular complexity index is 244. The number of carboxylic acids is 1. The zero-order valence-corrected chi connectivity index (χ0v) is 11.8. The van der Waals surface area contributed by atoms with Gasteiger partial charge in [-0.25, -0.2) is 0 Å². The molecule has 106 valence electrons. The Labute approximate surface area is 110 Å². The number of carboxylic acid groups (broad SMARTS) is 1. The summed E-state index contributed by atoms with van der Waals surface area (Å²) < 4.78 is 0. The maximum atomic E-state index is 10.7. The highest BCUT2D eigenvalue weighted by atomic mass is 16.4. The van der Waals surface area contributed by atoms with E-state index in [-0.39, 0.29) is 6.54 Å². The van der Waals surface area contributed by atoms with Gasteiger partial charge in [0, 0.05) is 32.7 Å². The van der Waals surface area contributed by atoms with E-state index in [2.05, 4.69) is 23.6 Å². The van der Waals surface area contributed by atoms with Gasteiger partial charge in [0.15, 0.2) is 0 Å². The van der Waals surface area contributed by atoms with Gasteiger partial charge < -0.3 is 14.9 Å². The number of hydrogen-bond acceptors (Lipinski definition) is 4. The molecule has 1 rings (SSSR count). The second-order valence-electron chi connectivity index (χ2n) is 4.89. The van der Waals surface area contributed by atoms with Gasteiger partial charge >= 0.3 is 5.97 Å². The molecule has 0 unspecified atom stereocenters. The first kappa shape index (κ1) is 15.4. The number of nitrogens with zero attached hydrogens (tertiary/aromatic N) is 3. The predicted octanol–water partition coefficient (Wildman–Crippen LogP) is 0.421. The predicted molar refractivity (Wildman–Crippen MR) is 72.9 cm³/mol. The summed E-state index contributed by atoms with van der Waals surface area (Å²) in [6.45, 7) is 12.9. The SMILES string of the molecule is CCN(CC)CCN1CCCN(CC(=O)O)CC1. The minimum absolute atomic E-state index is 0.184. The molecule has 1 N–H and O–H groups in total. The lowest BCUT2D eigenvalue weighted by Gasteiger charge is -2.25. The summed E-state index contributed by atoms with van der Waals surface area (Å²) in [5, 5.41) is 8.80. The van der Waals surface area contributed by atoms with Gasteiger partial charge in [-0.15, -0.1) is 0 Å². The van der Waals surface area contributed by atoms with Crippen LogP contribution in [0.3, 0.4) is 0 Å². The fourth-order valence-corrected chi connectivity index (χ4v) is 2.42. The molecule has 18 heavy (non-hydrogen) atoms. The molecule has 1 aliphatic rings. The highest BCUT2D eigenvalue weighted by molar-refractivity contribution is 5.69. The monoisotopic (exact) mass is 257 g/mol.